The maximum absolute atomic E-state index is 5.69. The molecule has 2 aliphatic heterocycles. The Bertz CT molecular complexity index is 727. The topological polar surface area (TPSA) is 27.2 Å². The van der Waals surface area contributed by atoms with E-state index in [1.54, 1.807) is 9.78 Å². The Balaban J connectivity index is 1.59. The summed E-state index contributed by atoms with van der Waals surface area (Å²) in [6.45, 7) is 5.46. The summed E-state index contributed by atoms with van der Waals surface area (Å²) in [6.07, 6.45) is 6.05. The number of thiophene rings is 1. The van der Waals surface area contributed by atoms with Crippen LogP contribution < -0.4 is 4.90 Å². The zero-order valence-corrected chi connectivity index (χ0v) is 14.7. The molecule has 0 spiro atoms. The largest absolute Gasteiger partial charge is 0.310 e. The third-order valence-electron chi connectivity index (χ3n) is 5.17. The second-order valence-electron chi connectivity index (χ2n) is 6.50. The van der Waals surface area contributed by atoms with Gasteiger partial charge < -0.3 is 9.47 Å². The number of hydrogen-bond acceptors (Lipinski definition) is 3. The predicted octanol–water partition coefficient (Wildman–Crippen LogP) is 2.36. The molecule has 0 aliphatic carbocycles. The van der Waals surface area contributed by atoms with Crippen LogP contribution in [0.15, 0.2) is 11.4 Å². The van der Waals surface area contributed by atoms with E-state index in [0.29, 0.717) is 6.04 Å². The Morgan fingerprint density at radius 1 is 1.36 bits per heavy atom. The molecule has 0 saturated carbocycles. The summed E-state index contributed by atoms with van der Waals surface area (Å²) in [4.78, 5) is 3.15. The minimum Gasteiger partial charge on any atom is -0.310 e. The standard InChI is InChI=1S/C16H22N4S2/c1-12-13-7-10-22-14(13)6-9-18(12)11-20-16(21)19-8-4-2-3-5-15(19)17-20/h7,10,12H,2-6,8-9,11H2,1H3/p+1/t12-/m0/s1. The summed E-state index contributed by atoms with van der Waals surface area (Å²) in [6, 6.07) is 2.84. The van der Waals surface area contributed by atoms with Gasteiger partial charge in [-0.2, -0.15) is 9.78 Å². The molecule has 2 atom stereocenters. The summed E-state index contributed by atoms with van der Waals surface area (Å²) in [5, 5.41) is 7.07. The van der Waals surface area contributed by atoms with Crippen molar-refractivity contribution in [1.82, 2.24) is 14.3 Å². The van der Waals surface area contributed by atoms with Gasteiger partial charge in [0.15, 0.2) is 6.67 Å². The highest BCUT2D eigenvalue weighted by Crippen LogP contribution is 2.24. The van der Waals surface area contributed by atoms with E-state index in [1.807, 2.05) is 11.3 Å². The van der Waals surface area contributed by atoms with Gasteiger partial charge in [-0.3, -0.25) is 0 Å². The zero-order chi connectivity index (χ0) is 15.1. The molecule has 118 valence electrons. The fourth-order valence-corrected chi connectivity index (χ4v) is 5.07. The summed E-state index contributed by atoms with van der Waals surface area (Å²) < 4.78 is 5.28. The molecule has 1 unspecified atom stereocenters. The van der Waals surface area contributed by atoms with Gasteiger partial charge in [-0.15, -0.1) is 11.3 Å². The Morgan fingerprint density at radius 2 is 2.27 bits per heavy atom. The molecular formula is C16H23N4S2+. The van der Waals surface area contributed by atoms with Crippen LogP contribution in [0.25, 0.3) is 0 Å². The van der Waals surface area contributed by atoms with Crippen LogP contribution in [0.2, 0.25) is 0 Å². The Kier molecular flexibility index (Phi) is 3.92. The number of rotatable bonds is 2. The molecule has 0 aromatic carbocycles. The molecule has 4 heterocycles. The maximum atomic E-state index is 5.69. The van der Waals surface area contributed by atoms with Crippen molar-refractivity contribution < 1.29 is 4.90 Å². The van der Waals surface area contributed by atoms with Crippen molar-refractivity contribution in [2.75, 3.05) is 6.54 Å². The normalized spacial score (nSPS) is 24.6. The summed E-state index contributed by atoms with van der Waals surface area (Å²) in [7, 11) is 0. The van der Waals surface area contributed by atoms with Crippen LogP contribution in [0.1, 0.15) is 48.5 Å². The molecule has 0 radical (unpaired) electrons. The second-order valence-corrected chi connectivity index (χ2v) is 7.86. The molecular weight excluding hydrogens is 312 g/mol. The van der Waals surface area contributed by atoms with Crippen LogP contribution in [0.3, 0.4) is 0 Å². The third kappa shape index (κ3) is 2.47. The van der Waals surface area contributed by atoms with Crippen LogP contribution in [0.5, 0.6) is 0 Å². The Labute approximate surface area is 140 Å². The third-order valence-corrected chi connectivity index (χ3v) is 6.59. The number of fused-ring (bicyclic) bond motifs is 2. The average Bonchev–Trinajstić information content (AvgIpc) is 3.02. The number of hydrogen-bond donors (Lipinski definition) is 1. The van der Waals surface area contributed by atoms with E-state index in [9.17, 15) is 0 Å². The van der Waals surface area contributed by atoms with E-state index in [1.165, 1.54) is 43.6 Å². The number of quaternary nitrogens is 1. The highest BCUT2D eigenvalue weighted by atomic mass is 32.1. The van der Waals surface area contributed by atoms with Crippen LogP contribution in [0, 0.1) is 4.77 Å². The Morgan fingerprint density at radius 3 is 3.18 bits per heavy atom. The molecule has 22 heavy (non-hydrogen) atoms. The molecule has 0 amide bonds. The van der Waals surface area contributed by atoms with Crippen molar-refractivity contribution in [3.8, 4) is 0 Å². The molecule has 0 fully saturated rings. The van der Waals surface area contributed by atoms with E-state index in [4.69, 9.17) is 17.3 Å². The summed E-state index contributed by atoms with van der Waals surface area (Å²) >= 11 is 7.60. The number of aryl methyl sites for hydroxylation is 1. The predicted molar refractivity (Wildman–Crippen MR) is 90.9 cm³/mol. The van der Waals surface area contributed by atoms with E-state index in [-0.39, 0.29) is 0 Å². The fourth-order valence-electron chi connectivity index (χ4n) is 3.79. The lowest BCUT2D eigenvalue weighted by Gasteiger charge is -2.30. The fraction of sp³-hybridized carbons (Fsp3) is 0.625. The van der Waals surface area contributed by atoms with Crippen molar-refractivity contribution >= 4 is 23.6 Å². The second kappa shape index (κ2) is 5.91. The molecule has 1 N–H and O–H groups in total. The van der Waals surface area contributed by atoms with Gasteiger partial charge in [0.05, 0.1) is 6.54 Å². The quantitative estimate of drug-likeness (QED) is 0.853. The number of aromatic nitrogens is 3. The van der Waals surface area contributed by atoms with Gasteiger partial charge in [-0.25, -0.2) is 0 Å². The average molecular weight is 336 g/mol. The highest BCUT2D eigenvalue weighted by molar-refractivity contribution is 7.71. The number of nitrogens with zero attached hydrogens (tertiary/aromatic N) is 3. The monoisotopic (exact) mass is 335 g/mol. The molecule has 4 rings (SSSR count). The van der Waals surface area contributed by atoms with Crippen LogP contribution in [-0.2, 0) is 26.1 Å². The highest BCUT2D eigenvalue weighted by Gasteiger charge is 2.29. The molecule has 6 heteroatoms. The van der Waals surface area contributed by atoms with E-state index >= 15 is 0 Å². The van der Waals surface area contributed by atoms with Gasteiger partial charge in [0.25, 0.3) is 0 Å². The Hall–Kier alpha value is -0.980. The van der Waals surface area contributed by atoms with E-state index in [2.05, 4.69) is 27.6 Å². The van der Waals surface area contributed by atoms with Crippen molar-refractivity contribution in [3.63, 3.8) is 0 Å². The molecule has 0 bridgehead atoms. The zero-order valence-electron chi connectivity index (χ0n) is 13.0. The minimum absolute atomic E-state index is 0.540. The van der Waals surface area contributed by atoms with Crippen molar-refractivity contribution in [2.24, 2.45) is 0 Å². The first-order chi connectivity index (χ1) is 10.7. The molecule has 0 saturated heterocycles. The number of nitrogens with one attached hydrogen (secondary N) is 1. The van der Waals surface area contributed by atoms with Gasteiger partial charge in [-0.05, 0) is 43.4 Å². The summed E-state index contributed by atoms with van der Waals surface area (Å²) in [5.74, 6) is 1.20. The van der Waals surface area contributed by atoms with Gasteiger partial charge in [0.1, 0.15) is 11.9 Å². The van der Waals surface area contributed by atoms with Gasteiger partial charge in [-0.1, -0.05) is 6.42 Å². The lowest BCUT2D eigenvalue weighted by molar-refractivity contribution is -0.954. The molecule has 4 nitrogen and oxygen atoms in total. The van der Waals surface area contributed by atoms with Crippen molar-refractivity contribution in [1.29, 1.82) is 0 Å². The first kappa shape index (κ1) is 14.6. The molecule has 2 aromatic rings. The van der Waals surface area contributed by atoms with Gasteiger partial charge in [0.2, 0.25) is 4.77 Å². The van der Waals surface area contributed by atoms with E-state index < -0.39 is 0 Å². The van der Waals surface area contributed by atoms with Gasteiger partial charge >= 0.3 is 0 Å². The summed E-state index contributed by atoms with van der Waals surface area (Å²) in [5.41, 5.74) is 1.53. The van der Waals surface area contributed by atoms with Crippen LogP contribution >= 0.6 is 23.6 Å². The van der Waals surface area contributed by atoms with Gasteiger partial charge in [0, 0.05) is 29.8 Å². The van der Waals surface area contributed by atoms with E-state index in [0.717, 1.165) is 24.4 Å². The van der Waals surface area contributed by atoms with Crippen molar-refractivity contribution in [3.05, 3.63) is 32.5 Å². The lowest BCUT2D eigenvalue weighted by atomic mass is 10.0. The maximum Gasteiger partial charge on any atom is 0.202 e. The lowest BCUT2D eigenvalue weighted by Crippen LogP contribution is -3.12. The van der Waals surface area contributed by atoms with Crippen molar-refractivity contribution in [2.45, 2.75) is 58.3 Å². The SMILES string of the molecule is C[C@H]1c2ccsc2CC[NH+]1Cn1nc2n(c1=S)CCCCC2. The molecule has 2 aliphatic rings. The smallest absolute Gasteiger partial charge is 0.202 e. The molecule has 2 aromatic heterocycles. The minimum atomic E-state index is 0.540. The van der Waals surface area contributed by atoms with Crippen LogP contribution in [-0.4, -0.2) is 20.9 Å². The van der Waals surface area contributed by atoms with Crippen LogP contribution in [0.4, 0.5) is 0 Å². The first-order valence-electron chi connectivity index (χ1n) is 8.31. The first-order valence-corrected chi connectivity index (χ1v) is 9.60.